The highest BCUT2D eigenvalue weighted by Gasteiger charge is 2.31. The summed E-state index contributed by atoms with van der Waals surface area (Å²) in [5, 5.41) is 3.91. The number of nitrogens with zero attached hydrogens (tertiary/aromatic N) is 3. The third kappa shape index (κ3) is 3.17. The van der Waals surface area contributed by atoms with Gasteiger partial charge in [-0.15, -0.1) is 12.4 Å². The lowest BCUT2D eigenvalue weighted by atomic mass is 10.3. The quantitative estimate of drug-likeness (QED) is 0.849. The maximum absolute atomic E-state index is 5.42. The van der Waals surface area contributed by atoms with Crippen molar-refractivity contribution in [2.24, 2.45) is 5.73 Å². The molecular formula is C10H19ClN4O. The van der Waals surface area contributed by atoms with Crippen LogP contribution in [-0.2, 0) is 13.1 Å². The molecule has 0 bridgehead atoms. The molecule has 0 atom stereocenters. The largest absolute Gasteiger partial charge is 0.338 e. The molecule has 1 saturated carbocycles. The van der Waals surface area contributed by atoms with Crippen molar-refractivity contribution in [3.05, 3.63) is 11.7 Å². The Hall–Kier alpha value is -0.650. The molecule has 1 aliphatic carbocycles. The highest BCUT2D eigenvalue weighted by Crippen LogP contribution is 2.29. The normalized spacial score (nSPS) is 15.6. The van der Waals surface area contributed by atoms with Crippen molar-refractivity contribution >= 4 is 12.4 Å². The first kappa shape index (κ1) is 13.4. The number of hydrogen-bond acceptors (Lipinski definition) is 5. The van der Waals surface area contributed by atoms with Crippen LogP contribution in [0.3, 0.4) is 0 Å². The SMILES string of the molecule is CC(C)N(Cc1noc(CN)n1)C1CC1.Cl. The van der Waals surface area contributed by atoms with Gasteiger partial charge in [0.1, 0.15) is 0 Å². The molecule has 1 aromatic heterocycles. The first-order valence-corrected chi connectivity index (χ1v) is 5.48. The zero-order chi connectivity index (χ0) is 10.8. The second-order valence-corrected chi connectivity index (χ2v) is 4.31. The number of hydrogen-bond donors (Lipinski definition) is 1. The maximum atomic E-state index is 5.42. The van der Waals surface area contributed by atoms with Crippen molar-refractivity contribution in [3.8, 4) is 0 Å². The average Bonchev–Trinajstić information content (AvgIpc) is 2.94. The molecule has 0 unspecified atom stereocenters. The highest BCUT2D eigenvalue weighted by molar-refractivity contribution is 5.85. The molecule has 0 aromatic carbocycles. The van der Waals surface area contributed by atoms with Crippen molar-refractivity contribution in [1.29, 1.82) is 0 Å². The van der Waals surface area contributed by atoms with Gasteiger partial charge in [-0.05, 0) is 26.7 Å². The number of nitrogens with two attached hydrogens (primary N) is 1. The summed E-state index contributed by atoms with van der Waals surface area (Å²) < 4.78 is 4.98. The fourth-order valence-corrected chi connectivity index (χ4v) is 1.74. The van der Waals surface area contributed by atoms with Crippen LogP contribution in [0.15, 0.2) is 4.52 Å². The summed E-state index contributed by atoms with van der Waals surface area (Å²) in [5.74, 6) is 1.26. The van der Waals surface area contributed by atoms with Crippen molar-refractivity contribution in [3.63, 3.8) is 0 Å². The van der Waals surface area contributed by atoms with Crippen molar-refractivity contribution in [1.82, 2.24) is 15.0 Å². The molecule has 2 N–H and O–H groups in total. The average molecular weight is 247 g/mol. The Morgan fingerprint density at radius 2 is 2.19 bits per heavy atom. The Balaban J connectivity index is 0.00000128. The van der Waals surface area contributed by atoms with Crippen molar-refractivity contribution < 1.29 is 4.52 Å². The lowest BCUT2D eigenvalue weighted by Gasteiger charge is -2.24. The molecule has 0 saturated heterocycles. The zero-order valence-corrected chi connectivity index (χ0v) is 10.5. The van der Waals surface area contributed by atoms with Gasteiger partial charge in [0.15, 0.2) is 5.82 Å². The minimum atomic E-state index is 0. The molecule has 92 valence electrons. The fourth-order valence-electron chi connectivity index (χ4n) is 1.74. The van der Waals surface area contributed by atoms with E-state index in [1.54, 1.807) is 0 Å². The summed E-state index contributed by atoms with van der Waals surface area (Å²) in [6.45, 7) is 5.48. The Kier molecular flexibility index (Phi) is 4.70. The molecule has 1 aromatic rings. The summed E-state index contributed by atoms with van der Waals surface area (Å²) in [7, 11) is 0. The Bertz CT molecular complexity index is 322. The summed E-state index contributed by atoms with van der Waals surface area (Å²) in [4.78, 5) is 6.62. The topological polar surface area (TPSA) is 68.2 Å². The Morgan fingerprint density at radius 3 is 2.62 bits per heavy atom. The lowest BCUT2D eigenvalue weighted by Crippen LogP contribution is -2.32. The van der Waals surface area contributed by atoms with E-state index < -0.39 is 0 Å². The third-order valence-electron chi connectivity index (χ3n) is 2.69. The van der Waals surface area contributed by atoms with Gasteiger partial charge in [-0.25, -0.2) is 0 Å². The van der Waals surface area contributed by atoms with Gasteiger partial charge in [-0.1, -0.05) is 5.16 Å². The van der Waals surface area contributed by atoms with Gasteiger partial charge >= 0.3 is 0 Å². The predicted molar refractivity (Wildman–Crippen MR) is 63.1 cm³/mol. The summed E-state index contributed by atoms with van der Waals surface area (Å²) in [6, 6.07) is 1.24. The van der Waals surface area contributed by atoms with Crippen LogP contribution in [-0.4, -0.2) is 27.1 Å². The lowest BCUT2D eigenvalue weighted by molar-refractivity contribution is 0.194. The third-order valence-corrected chi connectivity index (χ3v) is 2.69. The van der Waals surface area contributed by atoms with Crippen LogP contribution < -0.4 is 5.73 Å². The molecular weight excluding hydrogens is 228 g/mol. The zero-order valence-electron chi connectivity index (χ0n) is 9.72. The van der Waals surface area contributed by atoms with Crippen LogP contribution in [0.2, 0.25) is 0 Å². The fraction of sp³-hybridized carbons (Fsp3) is 0.800. The molecule has 6 heteroatoms. The van der Waals surface area contributed by atoms with E-state index in [4.69, 9.17) is 10.3 Å². The van der Waals surface area contributed by atoms with Crippen LogP contribution in [0.5, 0.6) is 0 Å². The Labute approximate surface area is 102 Å². The van der Waals surface area contributed by atoms with E-state index in [9.17, 15) is 0 Å². The maximum Gasteiger partial charge on any atom is 0.240 e. The first-order valence-electron chi connectivity index (χ1n) is 5.48. The van der Waals surface area contributed by atoms with Crippen LogP contribution in [0.25, 0.3) is 0 Å². The van der Waals surface area contributed by atoms with Crippen LogP contribution in [0.1, 0.15) is 38.4 Å². The summed E-state index contributed by atoms with van der Waals surface area (Å²) in [5.41, 5.74) is 5.42. The van der Waals surface area contributed by atoms with E-state index in [2.05, 4.69) is 28.9 Å². The van der Waals surface area contributed by atoms with Crippen LogP contribution in [0.4, 0.5) is 0 Å². The molecule has 5 nitrogen and oxygen atoms in total. The van der Waals surface area contributed by atoms with E-state index in [0.717, 1.165) is 12.4 Å². The standard InChI is InChI=1S/C10H18N4O.ClH/c1-7(2)14(8-3-4-8)6-9-12-10(5-11)15-13-9;/h7-8H,3-6,11H2,1-2H3;1H. The number of halogens is 1. The van der Waals surface area contributed by atoms with Crippen molar-refractivity contribution in [2.75, 3.05) is 0 Å². The molecule has 16 heavy (non-hydrogen) atoms. The highest BCUT2D eigenvalue weighted by atomic mass is 35.5. The van der Waals surface area contributed by atoms with Gasteiger partial charge in [0.2, 0.25) is 5.89 Å². The second-order valence-electron chi connectivity index (χ2n) is 4.31. The molecule has 2 rings (SSSR count). The number of rotatable bonds is 5. The van der Waals surface area contributed by atoms with E-state index in [1.807, 2.05) is 0 Å². The molecule has 0 spiro atoms. The van der Waals surface area contributed by atoms with E-state index in [0.29, 0.717) is 24.5 Å². The summed E-state index contributed by atoms with van der Waals surface area (Å²) >= 11 is 0. The molecule has 1 aliphatic rings. The molecule has 1 fully saturated rings. The van der Waals surface area contributed by atoms with Gasteiger partial charge < -0.3 is 10.3 Å². The predicted octanol–water partition coefficient (Wildman–Crippen LogP) is 1.32. The van der Waals surface area contributed by atoms with Gasteiger partial charge in [0.25, 0.3) is 0 Å². The molecule has 1 heterocycles. The van der Waals surface area contributed by atoms with E-state index in [-0.39, 0.29) is 12.4 Å². The van der Waals surface area contributed by atoms with E-state index in [1.165, 1.54) is 12.8 Å². The molecule has 0 radical (unpaired) electrons. The Morgan fingerprint density at radius 1 is 1.50 bits per heavy atom. The van der Waals surface area contributed by atoms with Crippen molar-refractivity contribution in [2.45, 2.75) is 51.9 Å². The van der Waals surface area contributed by atoms with Crippen LogP contribution >= 0.6 is 12.4 Å². The summed E-state index contributed by atoms with van der Waals surface area (Å²) in [6.07, 6.45) is 2.58. The van der Waals surface area contributed by atoms with E-state index >= 15 is 0 Å². The monoisotopic (exact) mass is 246 g/mol. The van der Waals surface area contributed by atoms with Gasteiger partial charge in [0.05, 0.1) is 13.1 Å². The molecule has 0 aliphatic heterocycles. The first-order chi connectivity index (χ1) is 7.20. The van der Waals surface area contributed by atoms with Crippen LogP contribution in [0, 0.1) is 0 Å². The minimum Gasteiger partial charge on any atom is -0.338 e. The smallest absolute Gasteiger partial charge is 0.240 e. The molecule has 0 amide bonds. The van der Waals surface area contributed by atoms with Gasteiger partial charge in [0, 0.05) is 12.1 Å². The minimum absolute atomic E-state index is 0. The number of aromatic nitrogens is 2. The van der Waals surface area contributed by atoms with Gasteiger partial charge in [-0.3, -0.25) is 4.90 Å². The second kappa shape index (κ2) is 5.61. The van der Waals surface area contributed by atoms with Gasteiger partial charge in [-0.2, -0.15) is 4.98 Å².